The fourth-order valence-corrected chi connectivity index (χ4v) is 1.72. The first-order chi connectivity index (χ1) is 8.06. The van der Waals surface area contributed by atoms with Crippen LogP contribution in [-0.4, -0.2) is 74.6 Å². The van der Waals surface area contributed by atoms with Gasteiger partial charge in [-0.3, -0.25) is 14.5 Å². The zero-order valence-electron chi connectivity index (χ0n) is 10.7. The van der Waals surface area contributed by atoms with Gasteiger partial charge in [-0.15, -0.1) is 0 Å². The van der Waals surface area contributed by atoms with Crippen LogP contribution in [0.25, 0.3) is 0 Å². The lowest BCUT2D eigenvalue weighted by Gasteiger charge is -2.30. The predicted octanol–water partition coefficient (Wildman–Crippen LogP) is -1.09. The van der Waals surface area contributed by atoms with E-state index < -0.39 is 6.04 Å². The Balaban J connectivity index is 2.41. The first-order valence-corrected chi connectivity index (χ1v) is 5.83. The molecule has 1 unspecified atom stereocenters. The number of ether oxygens (including phenoxy) is 1. The van der Waals surface area contributed by atoms with Gasteiger partial charge in [0.25, 0.3) is 0 Å². The molecule has 6 nitrogen and oxygen atoms in total. The first-order valence-electron chi connectivity index (χ1n) is 5.83. The first kappa shape index (κ1) is 13.9. The summed E-state index contributed by atoms with van der Waals surface area (Å²) >= 11 is 0. The number of nitrogens with one attached hydrogen (secondary N) is 1. The highest BCUT2D eigenvalue weighted by atomic mass is 16.5. The van der Waals surface area contributed by atoms with Crippen molar-refractivity contribution in [2.45, 2.75) is 13.0 Å². The van der Waals surface area contributed by atoms with Crippen molar-refractivity contribution in [3.8, 4) is 0 Å². The van der Waals surface area contributed by atoms with Gasteiger partial charge in [0, 0.05) is 26.2 Å². The third kappa shape index (κ3) is 3.98. The van der Waals surface area contributed by atoms with E-state index in [9.17, 15) is 9.59 Å². The van der Waals surface area contributed by atoms with Crippen molar-refractivity contribution >= 4 is 11.9 Å². The number of likely N-dealkylation sites (N-methyl/N-ethyl adjacent to an activating group) is 1. The molecule has 0 aromatic carbocycles. The van der Waals surface area contributed by atoms with Gasteiger partial charge in [-0.05, 0) is 14.0 Å². The van der Waals surface area contributed by atoms with Gasteiger partial charge in [-0.2, -0.15) is 0 Å². The third-order valence-corrected chi connectivity index (χ3v) is 3.06. The molecule has 1 N–H and O–H groups in total. The van der Waals surface area contributed by atoms with Gasteiger partial charge < -0.3 is 15.0 Å². The lowest BCUT2D eigenvalue weighted by Crippen LogP contribution is -2.50. The molecule has 1 heterocycles. The Morgan fingerprint density at radius 2 is 2.00 bits per heavy atom. The minimum absolute atomic E-state index is 0.0600. The minimum atomic E-state index is -0.396. The van der Waals surface area contributed by atoms with Crippen molar-refractivity contribution in [1.82, 2.24) is 15.1 Å². The van der Waals surface area contributed by atoms with Gasteiger partial charge in [-0.25, -0.2) is 0 Å². The molecule has 0 bridgehead atoms. The molecule has 0 saturated carbocycles. The second kappa shape index (κ2) is 6.56. The summed E-state index contributed by atoms with van der Waals surface area (Å²) < 4.78 is 4.64. The maximum Gasteiger partial charge on any atom is 0.322 e. The second-order valence-electron chi connectivity index (χ2n) is 4.25. The van der Waals surface area contributed by atoms with E-state index >= 15 is 0 Å². The van der Waals surface area contributed by atoms with E-state index in [0.29, 0.717) is 0 Å². The number of methoxy groups -OCH3 is 1. The molecule has 17 heavy (non-hydrogen) atoms. The molecule has 0 radical (unpaired) electrons. The molecule has 1 amide bonds. The summed E-state index contributed by atoms with van der Waals surface area (Å²) in [5, 5.41) is 3.19. The van der Waals surface area contributed by atoms with Crippen LogP contribution in [0.5, 0.6) is 0 Å². The molecule has 1 fully saturated rings. The van der Waals surface area contributed by atoms with Crippen LogP contribution in [0.15, 0.2) is 0 Å². The van der Waals surface area contributed by atoms with Crippen LogP contribution < -0.4 is 5.32 Å². The molecule has 1 aliphatic heterocycles. The summed E-state index contributed by atoms with van der Waals surface area (Å²) in [6.45, 7) is 5.12. The summed E-state index contributed by atoms with van der Waals surface area (Å²) in [5.74, 6) is -0.259. The Kier molecular flexibility index (Phi) is 5.37. The van der Waals surface area contributed by atoms with Crippen molar-refractivity contribution in [3.63, 3.8) is 0 Å². The second-order valence-corrected chi connectivity index (χ2v) is 4.25. The topological polar surface area (TPSA) is 61.9 Å². The van der Waals surface area contributed by atoms with Gasteiger partial charge in [0.05, 0.1) is 13.7 Å². The van der Waals surface area contributed by atoms with Crippen molar-refractivity contribution in [2.24, 2.45) is 0 Å². The van der Waals surface area contributed by atoms with Crippen LogP contribution in [0, 0.1) is 0 Å². The molecule has 0 aromatic rings. The Labute approximate surface area is 102 Å². The Bertz CT molecular complexity index is 277. The lowest BCUT2D eigenvalue weighted by atomic mass is 10.3. The fourth-order valence-electron chi connectivity index (χ4n) is 1.72. The van der Waals surface area contributed by atoms with Crippen LogP contribution in [0.3, 0.4) is 0 Å². The molecule has 1 atom stereocenters. The fraction of sp³-hybridized carbons (Fsp3) is 0.818. The Morgan fingerprint density at radius 1 is 1.41 bits per heavy atom. The van der Waals surface area contributed by atoms with E-state index in [4.69, 9.17) is 0 Å². The molecule has 0 aliphatic carbocycles. The highest BCUT2D eigenvalue weighted by Crippen LogP contribution is 2.01. The number of carbonyl (C=O) groups excluding carboxylic acids is 2. The van der Waals surface area contributed by atoms with Crippen LogP contribution in [0.4, 0.5) is 0 Å². The average Bonchev–Trinajstić information content (AvgIpc) is 2.37. The number of esters is 1. The van der Waals surface area contributed by atoms with E-state index in [1.807, 2.05) is 4.90 Å². The Hall–Kier alpha value is -1.14. The molecule has 0 aromatic heterocycles. The quantitative estimate of drug-likeness (QED) is 0.636. The summed E-state index contributed by atoms with van der Waals surface area (Å²) in [4.78, 5) is 26.8. The normalized spacial score (nSPS) is 18.0. The predicted molar refractivity (Wildman–Crippen MR) is 63.6 cm³/mol. The monoisotopic (exact) mass is 243 g/mol. The zero-order chi connectivity index (χ0) is 12.8. The molecule has 1 aliphatic rings. The SMILES string of the molecule is COC(=O)C(C)N(C)CC(=O)N1CCNCC1. The van der Waals surface area contributed by atoms with E-state index in [1.165, 1.54) is 7.11 Å². The zero-order valence-corrected chi connectivity index (χ0v) is 10.7. The van der Waals surface area contributed by atoms with Crippen LogP contribution in [0.2, 0.25) is 0 Å². The molecule has 0 spiro atoms. The molecular formula is C11H21N3O3. The van der Waals surface area contributed by atoms with Crippen LogP contribution in [-0.2, 0) is 14.3 Å². The maximum absolute atomic E-state index is 11.9. The van der Waals surface area contributed by atoms with E-state index in [-0.39, 0.29) is 18.4 Å². The van der Waals surface area contributed by atoms with Crippen molar-refractivity contribution in [3.05, 3.63) is 0 Å². The summed E-state index contributed by atoms with van der Waals surface area (Å²) in [5.41, 5.74) is 0. The van der Waals surface area contributed by atoms with Crippen LogP contribution in [0.1, 0.15) is 6.92 Å². The number of hydrogen-bond acceptors (Lipinski definition) is 5. The number of rotatable bonds is 4. The third-order valence-electron chi connectivity index (χ3n) is 3.06. The van der Waals surface area contributed by atoms with Crippen molar-refractivity contribution < 1.29 is 14.3 Å². The summed E-state index contributed by atoms with van der Waals surface area (Å²) in [7, 11) is 3.10. The molecule has 1 saturated heterocycles. The van der Waals surface area contributed by atoms with Crippen molar-refractivity contribution in [1.29, 1.82) is 0 Å². The highest BCUT2D eigenvalue weighted by molar-refractivity contribution is 5.80. The number of nitrogens with zero attached hydrogens (tertiary/aromatic N) is 2. The van der Waals surface area contributed by atoms with Gasteiger partial charge in [0.2, 0.25) is 5.91 Å². The number of carbonyl (C=O) groups is 2. The smallest absolute Gasteiger partial charge is 0.322 e. The lowest BCUT2D eigenvalue weighted by molar-refractivity contribution is -0.146. The largest absolute Gasteiger partial charge is 0.468 e. The Morgan fingerprint density at radius 3 is 2.53 bits per heavy atom. The van der Waals surface area contributed by atoms with Gasteiger partial charge in [0.1, 0.15) is 6.04 Å². The van der Waals surface area contributed by atoms with Gasteiger partial charge in [-0.1, -0.05) is 0 Å². The van der Waals surface area contributed by atoms with E-state index in [1.54, 1.807) is 18.9 Å². The number of piperazine rings is 1. The van der Waals surface area contributed by atoms with E-state index in [0.717, 1.165) is 26.2 Å². The molecule has 1 rings (SSSR count). The van der Waals surface area contributed by atoms with Crippen LogP contribution >= 0.6 is 0 Å². The van der Waals surface area contributed by atoms with Crippen molar-refractivity contribution in [2.75, 3.05) is 46.9 Å². The summed E-state index contributed by atoms with van der Waals surface area (Å²) in [6, 6.07) is -0.396. The standard InChI is InChI=1S/C11H21N3O3/c1-9(11(16)17-3)13(2)8-10(15)14-6-4-12-5-7-14/h9,12H,4-8H2,1-3H3. The van der Waals surface area contributed by atoms with Gasteiger partial charge in [0.15, 0.2) is 0 Å². The molecule has 98 valence electrons. The minimum Gasteiger partial charge on any atom is -0.468 e. The van der Waals surface area contributed by atoms with E-state index in [2.05, 4.69) is 10.1 Å². The highest BCUT2D eigenvalue weighted by Gasteiger charge is 2.23. The summed E-state index contributed by atoms with van der Waals surface area (Å²) in [6.07, 6.45) is 0. The molecule has 6 heteroatoms. The molecular weight excluding hydrogens is 222 g/mol. The number of amides is 1. The average molecular weight is 243 g/mol. The van der Waals surface area contributed by atoms with Gasteiger partial charge >= 0.3 is 5.97 Å². The maximum atomic E-state index is 11.9. The number of hydrogen-bond donors (Lipinski definition) is 1.